The van der Waals surface area contributed by atoms with E-state index >= 15 is 0 Å². The van der Waals surface area contributed by atoms with Gasteiger partial charge in [0, 0.05) is 18.0 Å². The van der Waals surface area contributed by atoms with Crippen molar-refractivity contribution in [3.8, 4) is 22.8 Å². The number of halogens is 3. The monoisotopic (exact) mass is 376 g/mol. The van der Waals surface area contributed by atoms with Gasteiger partial charge in [0.1, 0.15) is 5.82 Å². The van der Waals surface area contributed by atoms with E-state index in [9.17, 15) is 13.2 Å². The van der Waals surface area contributed by atoms with Gasteiger partial charge in [-0.3, -0.25) is 0 Å². The smallest absolute Gasteiger partial charge is 0.416 e. The van der Waals surface area contributed by atoms with Crippen molar-refractivity contribution in [3.63, 3.8) is 0 Å². The van der Waals surface area contributed by atoms with Crippen molar-refractivity contribution in [3.05, 3.63) is 54.4 Å². The van der Waals surface area contributed by atoms with Crippen LogP contribution in [0.2, 0.25) is 0 Å². The summed E-state index contributed by atoms with van der Waals surface area (Å²) < 4.78 is 48.9. The molecule has 2 heterocycles. The molecule has 0 radical (unpaired) electrons. The zero-order valence-corrected chi connectivity index (χ0v) is 14.4. The number of anilines is 2. The lowest BCUT2D eigenvalue weighted by Gasteiger charge is -2.11. The topological polar surface area (TPSA) is 69.2 Å². The Morgan fingerprint density at radius 2 is 1.63 bits per heavy atom. The van der Waals surface area contributed by atoms with Gasteiger partial charge in [-0.2, -0.15) is 13.2 Å². The molecule has 0 saturated carbocycles. The summed E-state index contributed by atoms with van der Waals surface area (Å²) in [6, 6.07) is 8.73. The molecule has 140 valence electrons. The molecule has 3 aromatic rings. The number of nitrogens with one attached hydrogen (secondary N) is 1. The van der Waals surface area contributed by atoms with Crippen LogP contribution in [0.4, 0.5) is 24.9 Å². The second-order valence-corrected chi connectivity index (χ2v) is 5.39. The molecule has 0 fully saturated rings. The fraction of sp³-hybridized carbons (Fsp3) is 0.167. The van der Waals surface area contributed by atoms with Crippen LogP contribution in [0.5, 0.6) is 11.5 Å². The Hall–Kier alpha value is -3.36. The first kappa shape index (κ1) is 18.4. The van der Waals surface area contributed by atoms with Gasteiger partial charge in [-0.15, -0.1) is 0 Å². The standard InChI is InChI=1S/C18H15F3N4O2/c1-26-14-4-3-11(9-15(14)27-2)13-6-8-23-17(24-13)25-16-10-12(5-7-22-16)18(19,20)21/h3-10H,1-2H3,(H,22,23,24,25). The zero-order chi connectivity index (χ0) is 19.4. The Morgan fingerprint density at radius 3 is 2.33 bits per heavy atom. The fourth-order valence-electron chi connectivity index (χ4n) is 2.37. The first-order valence-electron chi connectivity index (χ1n) is 7.76. The maximum absolute atomic E-state index is 12.8. The van der Waals surface area contributed by atoms with Gasteiger partial charge in [-0.25, -0.2) is 15.0 Å². The molecule has 0 spiro atoms. The van der Waals surface area contributed by atoms with Crippen molar-refractivity contribution >= 4 is 11.8 Å². The van der Waals surface area contributed by atoms with Crippen molar-refractivity contribution in [2.75, 3.05) is 19.5 Å². The van der Waals surface area contributed by atoms with Gasteiger partial charge >= 0.3 is 6.18 Å². The maximum Gasteiger partial charge on any atom is 0.416 e. The molecule has 1 N–H and O–H groups in total. The van der Waals surface area contributed by atoms with Crippen LogP contribution in [0.1, 0.15) is 5.56 Å². The number of rotatable bonds is 5. The minimum absolute atomic E-state index is 0.00529. The Labute approximate surface area is 153 Å². The molecule has 3 rings (SSSR count). The maximum atomic E-state index is 12.8. The van der Waals surface area contributed by atoms with Crippen LogP contribution in [-0.2, 0) is 6.18 Å². The Balaban J connectivity index is 1.89. The van der Waals surface area contributed by atoms with Crippen LogP contribution >= 0.6 is 0 Å². The average molecular weight is 376 g/mol. The van der Waals surface area contributed by atoms with Crippen molar-refractivity contribution in [2.24, 2.45) is 0 Å². The SMILES string of the molecule is COc1ccc(-c2ccnc(Nc3cc(C(F)(F)F)ccn3)n2)cc1OC. The summed E-state index contributed by atoms with van der Waals surface area (Å²) in [4.78, 5) is 12.2. The molecular formula is C18H15F3N4O2. The molecule has 0 saturated heterocycles. The third-order valence-electron chi connectivity index (χ3n) is 3.66. The highest BCUT2D eigenvalue weighted by Gasteiger charge is 2.30. The number of ether oxygens (including phenoxy) is 2. The van der Waals surface area contributed by atoms with Gasteiger partial charge in [0.2, 0.25) is 5.95 Å². The summed E-state index contributed by atoms with van der Waals surface area (Å²) in [6.07, 6.45) is -1.89. The number of methoxy groups -OCH3 is 2. The second kappa shape index (κ2) is 7.48. The van der Waals surface area contributed by atoms with Gasteiger partial charge in [-0.05, 0) is 36.4 Å². The van der Waals surface area contributed by atoms with Crippen LogP contribution < -0.4 is 14.8 Å². The molecule has 0 aliphatic carbocycles. The van der Waals surface area contributed by atoms with Crippen molar-refractivity contribution in [2.45, 2.75) is 6.18 Å². The molecule has 0 amide bonds. The summed E-state index contributed by atoms with van der Waals surface area (Å²) in [5.41, 5.74) is 0.478. The van der Waals surface area contributed by atoms with E-state index < -0.39 is 11.7 Å². The number of hydrogen-bond donors (Lipinski definition) is 1. The predicted octanol–water partition coefficient (Wildman–Crippen LogP) is 4.32. The molecule has 0 aliphatic heterocycles. The van der Waals surface area contributed by atoms with Gasteiger partial charge < -0.3 is 14.8 Å². The normalized spacial score (nSPS) is 11.1. The van der Waals surface area contributed by atoms with Crippen LogP contribution in [0.3, 0.4) is 0 Å². The average Bonchev–Trinajstić information content (AvgIpc) is 2.67. The van der Waals surface area contributed by atoms with Crippen LogP contribution in [-0.4, -0.2) is 29.2 Å². The van der Waals surface area contributed by atoms with Crippen molar-refractivity contribution in [1.82, 2.24) is 15.0 Å². The largest absolute Gasteiger partial charge is 0.493 e. The number of pyridine rings is 1. The third-order valence-corrected chi connectivity index (χ3v) is 3.66. The van der Waals surface area contributed by atoms with Crippen LogP contribution in [0.25, 0.3) is 11.3 Å². The van der Waals surface area contributed by atoms with E-state index in [0.29, 0.717) is 17.2 Å². The number of benzene rings is 1. The van der Waals surface area contributed by atoms with Gasteiger partial charge in [0.05, 0.1) is 25.5 Å². The van der Waals surface area contributed by atoms with Gasteiger partial charge in [0.15, 0.2) is 11.5 Å². The number of aromatic nitrogens is 3. The lowest BCUT2D eigenvalue weighted by Crippen LogP contribution is -2.07. The molecule has 1 aromatic carbocycles. The molecule has 2 aromatic heterocycles. The fourth-order valence-corrected chi connectivity index (χ4v) is 2.37. The quantitative estimate of drug-likeness (QED) is 0.715. The molecule has 0 atom stereocenters. The lowest BCUT2D eigenvalue weighted by molar-refractivity contribution is -0.137. The Morgan fingerprint density at radius 1 is 0.889 bits per heavy atom. The van der Waals surface area contributed by atoms with Crippen molar-refractivity contribution in [1.29, 1.82) is 0 Å². The summed E-state index contributed by atoms with van der Waals surface area (Å²) in [5.74, 6) is 1.22. The molecular weight excluding hydrogens is 361 g/mol. The highest BCUT2D eigenvalue weighted by molar-refractivity contribution is 5.65. The van der Waals surface area contributed by atoms with E-state index in [1.807, 2.05) is 0 Å². The van der Waals surface area contributed by atoms with Crippen LogP contribution in [0, 0.1) is 0 Å². The Kier molecular flexibility index (Phi) is 5.11. The van der Waals surface area contributed by atoms with Crippen molar-refractivity contribution < 1.29 is 22.6 Å². The molecule has 6 nitrogen and oxygen atoms in total. The summed E-state index contributed by atoms with van der Waals surface area (Å²) in [5, 5.41) is 2.69. The minimum Gasteiger partial charge on any atom is -0.493 e. The summed E-state index contributed by atoms with van der Waals surface area (Å²) in [7, 11) is 3.06. The highest BCUT2D eigenvalue weighted by Crippen LogP contribution is 2.32. The van der Waals surface area contributed by atoms with Gasteiger partial charge in [0.25, 0.3) is 0 Å². The molecule has 0 bridgehead atoms. The van der Waals surface area contributed by atoms with Crippen LogP contribution in [0.15, 0.2) is 48.8 Å². The lowest BCUT2D eigenvalue weighted by atomic mass is 10.1. The predicted molar refractivity (Wildman–Crippen MR) is 93.1 cm³/mol. The molecule has 0 aliphatic rings. The van der Waals surface area contributed by atoms with E-state index in [1.54, 1.807) is 24.3 Å². The minimum atomic E-state index is -4.46. The van der Waals surface area contributed by atoms with Gasteiger partial charge in [-0.1, -0.05) is 0 Å². The molecule has 0 unspecified atom stereocenters. The Bertz CT molecular complexity index is 948. The second-order valence-electron chi connectivity index (χ2n) is 5.39. The number of hydrogen-bond acceptors (Lipinski definition) is 6. The number of nitrogens with zero attached hydrogens (tertiary/aromatic N) is 3. The number of alkyl halides is 3. The van der Waals surface area contributed by atoms with E-state index in [1.165, 1.54) is 20.4 Å². The molecule has 9 heteroatoms. The molecule has 27 heavy (non-hydrogen) atoms. The van der Waals surface area contributed by atoms with E-state index in [2.05, 4.69) is 20.3 Å². The first-order chi connectivity index (χ1) is 12.9. The van der Waals surface area contributed by atoms with E-state index in [4.69, 9.17) is 9.47 Å². The summed E-state index contributed by atoms with van der Waals surface area (Å²) in [6.45, 7) is 0. The van der Waals surface area contributed by atoms with E-state index in [-0.39, 0.29) is 11.8 Å². The summed E-state index contributed by atoms with van der Waals surface area (Å²) >= 11 is 0. The van der Waals surface area contributed by atoms with E-state index in [0.717, 1.165) is 23.9 Å². The third kappa shape index (κ3) is 4.25. The highest BCUT2D eigenvalue weighted by atomic mass is 19.4. The first-order valence-corrected chi connectivity index (χ1v) is 7.76. The zero-order valence-electron chi connectivity index (χ0n) is 14.4.